The van der Waals surface area contributed by atoms with Crippen molar-refractivity contribution in [1.29, 1.82) is 0 Å². The van der Waals surface area contributed by atoms with Gasteiger partial charge in [-0.05, 0) is 13.3 Å². The zero-order valence-electron chi connectivity index (χ0n) is 11.6. The first-order chi connectivity index (χ1) is 9.19. The minimum Gasteiger partial charge on any atom is -0.503 e. The van der Waals surface area contributed by atoms with Crippen LogP contribution in [0.25, 0.3) is 0 Å². The second-order valence-electron chi connectivity index (χ2n) is 4.35. The number of aryl methyl sites for hydroxylation is 1. The van der Waals surface area contributed by atoms with Crippen molar-refractivity contribution in [3.63, 3.8) is 0 Å². The van der Waals surface area contributed by atoms with Crippen molar-refractivity contribution in [2.75, 3.05) is 6.61 Å². The lowest BCUT2D eigenvalue weighted by atomic mass is 10.2. The van der Waals surface area contributed by atoms with Crippen LogP contribution in [-0.2, 0) is 11.4 Å². The molecule has 0 spiro atoms. The molecule has 1 aromatic rings. The number of oxime groups is 1. The van der Waals surface area contributed by atoms with Crippen molar-refractivity contribution in [2.24, 2.45) is 5.16 Å². The number of unbranched alkanes of at least 4 members (excludes halogenated alkanes) is 3. The normalized spacial score (nSPS) is 11.1. The Balaban J connectivity index is 2.80. The Morgan fingerprint density at radius 2 is 2.16 bits per heavy atom. The van der Waals surface area contributed by atoms with Gasteiger partial charge in [0.25, 0.3) is 0 Å². The SMILES string of the molecule is CCCCCCn1cc(O)c(=O)cc1C=NOCC. The molecule has 106 valence electrons. The van der Waals surface area contributed by atoms with E-state index in [4.69, 9.17) is 4.84 Å². The molecule has 19 heavy (non-hydrogen) atoms. The van der Waals surface area contributed by atoms with Crippen molar-refractivity contribution in [3.05, 3.63) is 28.2 Å². The zero-order chi connectivity index (χ0) is 14.1. The van der Waals surface area contributed by atoms with Crippen molar-refractivity contribution in [2.45, 2.75) is 46.1 Å². The van der Waals surface area contributed by atoms with Gasteiger partial charge in [0.05, 0.1) is 18.1 Å². The first-order valence-electron chi connectivity index (χ1n) is 6.77. The summed E-state index contributed by atoms with van der Waals surface area (Å²) >= 11 is 0. The minimum absolute atomic E-state index is 0.232. The van der Waals surface area contributed by atoms with E-state index in [-0.39, 0.29) is 5.75 Å². The van der Waals surface area contributed by atoms with Crippen LogP contribution in [0.3, 0.4) is 0 Å². The van der Waals surface area contributed by atoms with E-state index in [2.05, 4.69) is 12.1 Å². The number of hydrogen-bond acceptors (Lipinski definition) is 4. The van der Waals surface area contributed by atoms with Crippen LogP contribution in [0.4, 0.5) is 0 Å². The molecule has 0 aliphatic rings. The maximum absolute atomic E-state index is 11.4. The van der Waals surface area contributed by atoms with Gasteiger partial charge in [-0.2, -0.15) is 0 Å². The van der Waals surface area contributed by atoms with Gasteiger partial charge >= 0.3 is 0 Å². The van der Waals surface area contributed by atoms with E-state index in [1.807, 2.05) is 11.5 Å². The lowest BCUT2D eigenvalue weighted by Gasteiger charge is -2.10. The van der Waals surface area contributed by atoms with Crippen LogP contribution < -0.4 is 5.43 Å². The molecule has 1 heterocycles. The van der Waals surface area contributed by atoms with Crippen molar-refractivity contribution in [1.82, 2.24) is 4.57 Å². The molecule has 0 aliphatic heterocycles. The monoisotopic (exact) mass is 266 g/mol. The van der Waals surface area contributed by atoms with Gasteiger partial charge in [-0.25, -0.2) is 0 Å². The second-order valence-corrected chi connectivity index (χ2v) is 4.35. The van der Waals surface area contributed by atoms with Crippen LogP contribution >= 0.6 is 0 Å². The van der Waals surface area contributed by atoms with Gasteiger partial charge in [0.2, 0.25) is 5.43 Å². The number of pyridine rings is 1. The van der Waals surface area contributed by atoms with Gasteiger partial charge in [0, 0.05) is 12.6 Å². The number of hydrogen-bond donors (Lipinski definition) is 1. The van der Waals surface area contributed by atoms with E-state index >= 15 is 0 Å². The van der Waals surface area contributed by atoms with Crippen molar-refractivity contribution in [3.8, 4) is 5.75 Å². The summed E-state index contributed by atoms with van der Waals surface area (Å²) in [5.74, 6) is -0.232. The van der Waals surface area contributed by atoms with E-state index < -0.39 is 5.43 Å². The Morgan fingerprint density at radius 1 is 1.37 bits per heavy atom. The molecule has 0 fully saturated rings. The topological polar surface area (TPSA) is 63.8 Å². The molecule has 1 N–H and O–H groups in total. The van der Waals surface area contributed by atoms with Gasteiger partial charge in [-0.15, -0.1) is 0 Å². The molecular formula is C14H22N2O3. The highest BCUT2D eigenvalue weighted by Crippen LogP contribution is 2.07. The minimum atomic E-state index is -0.400. The van der Waals surface area contributed by atoms with Gasteiger partial charge in [-0.1, -0.05) is 31.3 Å². The van der Waals surface area contributed by atoms with E-state index in [9.17, 15) is 9.90 Å². The largest absolute Gasteiger partial charge is 0.503 e. The number of nitrogens with zero attached hydrogens (tertiary/aromatic N) is 2. The summed E-state index contributed by atoms with van der Waals surface area (Å²) in [5.41, 5.74) is 0.246. The molecule has 0 atom stereocenters. The Kier molecular flexibility index (Phi) is 6.71. The number of aromatic nitrogens is 1. The summed E-state index contributed by atoms with van der Waals surface area (Å²) in [6.07, 6.45) is 7.46. The van der Waals surface area contributed by atoms with Gasteiger partial charge in [0.15, 0.2) is 5.75 Å². The summed E-state index contributed by atoms with van der Waals surface area (Å²) in [5, 5.41) is 13.3. The van der Waals surface area contributed by atoms with Crippen LogP contribution in [0.15, 0.2) is 22.2 Å². The molecule has 1 rings (SSSR count). The fraction of sp³-hybridized carbons (Fsp3) is 0.571. The third-order valence-corrected chi connectivity index (χ3v) is 2.78. The third-order valence-electron chi connectivity index (χ3n) is 2.78. The van der Waals surface area contributed by atoms with Gasteiger partial charge in [0.1, 0.15) is 6.61 Å². The van der Waals surface area contributed by atoms with Crippen LogP contribution in [0.2, 0.25) is 0 Å². The fourth-order valence-corrected chi connectivity index (χ4v) is 1.76. The van der Waals surface area contributed by atoms with E-state index in [0.29, 0.717) is 12.3 Å². The van der Waals surface area contributed by atoms with Crippen LogP contribution in [0.1, 0.15) is 45.2 Å². The molecule has 0 saturated carbocycles. The Labute approximate surface area is 113 Å². The highest BCUT2D eigenvalue weighted by Gasteiger charge is 2.04. The van der Waals surface area contributed by atoms with E-state index in [1.165, 1.54) is 31.3 Å². The second kappa shape index (κ2) is 8.34. The van der Waals surface area contributed by atoms with Gasteiger partial charge in [-0.3, -0.25) is 4.79 Å². The lowest BCUT2D eigenvalue weighted by Crippen LogP contribution is -2.12. The summed E-state index contributed by atoms with van der Waals surface area (Å²) in [6, 6.07) is 1.37. The van der Waals surface area contributed by atoms with Crippen molar-refractivity contribution < 1.29 is 9.94 Å². The molecule has 5 nitrogen and oxygen atoms in total. The summed E-state index contributed by atoms with van der Waals surface area (Å²) in [6.45, 7) is 5.23. The third kappa shape index (κ3) is 5.16. The lowest BCUT2D eigenvalue weighted by molar-refractivity contribution is 0.160. The average Bonchev–Trinajstić information content (AvgIpc) is 2.40. The van der Waals surface area contributed by atoms with Crippen LogP contribution in [0, 0.1) is 0 Å². The Morgan fingerprint density at radius 3 is 2.84 bits per heavy atom. The maximum Gasteiger partial charge on any atom is 0.223 e. The predicted molar refractivity (Wildman–Crippen MR) is 75.7 cm³/mol. The summed E-state index contributed by atoms with van der Waals surface area (Å²) in [4.78, 5) is 16.3. The summed E-state index contributed by atoms with van der Waals surface area (Å²) in [7, 11) is 0. The summed E-state index contributed by atoms with van der Waals surface area (Å²) < 4.78 is 1.83. The average molecular weight is 266 g/mol. The van der Waals surface area contributed by atoms with Crippen molar-refractivity contribution >= 4 is 6.21 Å². The molecule has 1 aromatic heterocycles. The molecule has 5 heteroatoms. The molecule has 0 aromatic carbocycles. The van der Waals surface area contributed by atoms with Crippen LogP contribution in [-0.4, -0.2) is 22.5 Å². The van der Waals surface area contributed by atoms with Crippen LogP contribution in [0.5, 0.6) is 5.75 Å². The smallest absolute Gasteiger partial charge is 0.223 e. The molecule has 0 saturated heterocycles. The van der Waals surface area contributed by atoms with E-state index in [0.717, 1.165) is 19.4 Å². The molecule has 0 aliphatic carbocycles. The first-order valence-corrected chi connectivity index (χ1v) is 6.77. The number of rotatable bonds is 8. The first kappa shape index (κ1) is 15.3. The van der Waals surface area contributed by atoms with Gasteiger partial charge < -0.3 is 14.5 Å². The maximum atomic E-state index is 11.4. The number of aromatic hydroxyl groups is 1. The fourth-order valence-electron chi connectivity index (χ4n) is 1.76. The molecule has 0 radical (unpaired) electrons. The zero-order valence-corrected chi connectivity index (χ0v) is 11.6. The highest BCUT2D eigenvalue weighted by molar-refractivity contribution is 5.76. The molecule has 0 amide bonds. The molecular weight excluding hydrogens is 244 g/mol. The standard InChI is InChI=1S/C14H22N2O3/c1-3-5-6-7-8-16-11-14(18)13(17)9-12(16)10-15-19-4-2/h9-11,18H,3-8H2,1-2H3. The predicted octanol–water partition coefficient (Wildman–Crippen LogP) is 2.50. The van der Waals surface area contributed by atoms with E-state index in [1.54, 1.807) is 0 Å². The Hall–Kier alpha value is -1.78. The molecule has 0 unspecified atom stereocenters. The highest BCUT2D eigenvalue weighted by atomic mass is 16.6. The molecule has 0 bridgehead atoms. The quantitative estimate of drug-likeness (QED) is 0.446. The Bertz CT molecular complexity index is 466.